The van der Waals surface area contributed by atoms with E-state index < -0.39 is 53.1 Å². The fraction of sp³-hybridized carbons (Fsp3) is 0.538. The third-order valence-corrected chi connectivity index (χ3v) is 19.2. The molecule has 476 valence electrons. The van der Waals surface area contributed by atoms with Gasteiger partial charge in [0.15, 0.2) is 5.82 Å². The van der Waals surface area contributed by atoms with E-state index in [0.717, 1.165) is 66.8 Å². The lowest BCUT2D eigenvalue weighted by Gasteiger charge is -2.35. The number of halogens is 2. The molecule has 8 heterocycles. The van der Waals surface area contributed by atoms with Crippen LogP contribution in [-0.2, 0) is 35.0 Å². The van der Waals surface area contributed by atoms with Gasteiger partial charge in [0.25, 0.3) is 0 Å². The van der Waals surface area contributed by atoms with Crippen LogP contribution in [0.2, 0.25) is 0 Å². The average molecular weight is 1250 g/mol. The van der Waals surface area contributed by atoms with Gasteiger partial charge in [0.05, 0.1) is 65.6 Å². The molecule has 0 spiro atoms. The number of likely N-dealkylation sites (tertiary alicyclic amines) is 1. The summed E-state index contributed by atoms with van der Waals surface area (Å²) in [6.07, 6.45) is 5.82. The molecule has 5 saturated heterocycles. The number of rotatable bonds is 23. The Morgan fingerprint density at radius 3 is 2.43 bits per heavy atom. The van der Waals surface area contributed by atoms with E-state index in [9.17, 15) is 29.4 Å². The SMILES string of the molecule is CCc1c(F)ccc2cc(O)cc(-c3ncc4c(N5CC6CCC(C5)N6)nc(OCC56CCCN5C(COC(=O)NCCOCCOCCC(=O)NC(C(=O)N5C[C@H](O)C[C@H]5C(=O)N[C@@H](C)c5ccc(-c7scnc7C)cc5)C(C)(C)C)CC6)nc4c3F)c12. The van der Waals surface area contributed by atoms with E-state index >= 15 is 8.78 Å². The van der Waals surface area contributed by atoms with Gasteiger partial charge in [-0.05, 0) is 116 Å². The van der Waals surface area contributed by atoms with Crippen LogP contribution in [0.1, 0.15) is 109 Å². The topological polar surface area (TPSA) is 255 Å². The summed E-state index contributed by atoms with van der Waals surface area (Å²) in [5.74, 6) is -1.98. The van der Waals surface area contributed by atoms with Crippen molar-refractivity contribution in [1.82, 2.24) is 51.0 Å². The number of aromatic nitrogens is 4. The molecule has 0 aliphatic carbocycles. The molecule has 6 N–H and O–H groups in total. The molecule has 24 heteroatoms. The summed E-state index contributed by atoms with van der Waals surface area (Å²) in [6, 6.07) is 12.0. The number of phenols is 1. The Kier molecular flexibility index (Phi) is 19.3. The number of piperazine rings is 1. The number of hydrogen-bond acceptors (Lipinski definition) is 18. The highest BCUT2D eigenvalue weighted by molar-refractivity contribution is 7.13. The van der Waals surface area contributed by atoms with Crippen molar-refractivity contribution < 1.29 is 57.1 Å². The zero-order valence-electron chi connectivity index (χ0n) is 51.4. The second-order valence-electron chi connectivity index (χ2n) is 25.4. The monoisotopic (exact) mass is 1250 g/mol. The first-order valence-electron chi connectivity index (χ1n) is 31.1. The lowest BCUT2D eigenvalue weighted by Crippen LogP contribution is -2.58. The van der Waals surface area contributed by atoms with Gasteiger partial charge < -0.3 is 60.2 Å². The summed E-state index contributed by atoms with van der Waals surface area (Å²) in [6.45, 7) is 14.5. The van der Waals surface area contributed by atoms with Crippen LogP contribution in [0.5, 0.6) is 11.8 Å². The number of aryl methyl sites for hydroxylation is 2. The van der Waals surface area contributed by atoms with Gasteiger partial charge in [0.1, 0.15) is 53.9 Å². The molecule has 3 aromatic carbocycles. The lowest BCUT2D eigenvalue weighted by atomic mass is 9.85. The number of thiazole rings is 1. The molecule has 5 aliphatic rings. The second-order valence-corrected chi connectivity index (χ2v) is 26.3. The van der Waals surface area contributed by atoms with Gasteiger partial charge in [-0.1, -0.05) is 58.0 Å². The first kappa shape index (κ1) is 63.4. The van der Waals surface area contributed by atoms with Gasteiger partial charge in [0, 0.05) is 68.9 Å². The van der Waals surface area contributed by atoms with Crippen LogP contribution in [0, 0.1) is 24.0 Å². The zero-order chi connectivity index (χ0) is 62.7. The Balaban J connectivity index is 0.618. The number of aromatic hydroxyl groups is 1. The van der Waals surface area contributed by atoms with Crippen molar-refractivity contribution >= 4 is 62.6 Å². The van der Waals surface area contributed by atoms with Crippen molar-refractivity contribution in [3.63, 3.8) is 0 Å². The van der Waals surface area contributed by atoms with Crippen LogP contribution in [0.25, 0.3) is 43.4 Å². The number of aliphatic hydroxyl groups is 1. The van der Waals surface area contributed by atoms with Crippen molar-refractivity contribution in [2.24, 2.45) is 5.41 Å². The number of ether oxygens (including phenoxy) is 4. The number of amides is 4. The van der Waals surface area contributed by atoms with Crippen LogP contribution in [-0.4, -0.2) is 178 Å². The van der Waals surface area contributed by atoms with Gasteiger partial charge in [-0.25, -0.2) is 18.6 Å². The van der Waals surface area contributed by atoms with Gasteiger partial charge in [0.2, 0.25) is 17.7 Å². The average Bonchev–Trinajstić information content (AvgIpc) is 1.56. The first-order chi connectivity index (χ1) is 42.8. The summed E-state index contributed by atoms with van der Waals surface area (Å²) in [4.78, 5) is 79.6. The van der Waals surface area contributed by atoms with Crippen molar-refractivity contribution in [3.05, 3.63) is 88.7 Å². The molecule has 0 radical (unpaired) electrons. The molecule has 8 atom stereocenters. The summed E-state index contributed by atoms with van der Waals surface area (Å²) in [5.41, 5.74) is 4.18. The summed E-state index contributed by atoms with van der Waals surface area (Å²) in [5, 5.41) is 35.2. The number of carbonyl (C=O) groups excluding carboxylic acids is 4. The van der Waals surface area contributed by atoms with Crippen LogP contribution in [0.15, 0.2) is 60.2 Å². The molecule has 6 aromatic rings. The highest BCUT2D eigenvalue weighted by atomic mass is 32.1. The summed E-state index contributed by atoms with van der Waals surface area (Å²) < 4.78 is 56.2. The number of nitrogens with zero attached hydrogens (tertiary/aromatic N) is 7. The first-order valence-corrected chi connectivity index (χ1v) is 32.0. The maximum absolute atomic E-state index is 17.3. The van der Waals surface area contributed by atoms with E-state index in [1.165, 1.54) is 23.1 Å². The maximum Gasteiger partial charge on any atom is 0.407 e. The van der Waals surface area contributed by atoms with E-state index in [4.69, 9.17) is 28.9 Å². The molecular formula is C65H81F2N11O10S. The number of carbonyl (C=O) groups is 4. The summed E-state index contributed by atoms with van der Waals surface area (Å²) in [7, 11) is 0. The van der Waals surface area contributed by atoms with Crippen LogP contribution in [0.4, 0.5) is 19.4 Å². The molecule has 3 aromatic heterocycles. The number of alkyl carbamates (subject to hydrolysis) is 1. The van der Waals surface area contributed by atoms with Gasteiger partial charge >= 0.3 is 12.1 Å². The number of nitrogens with one attached hydrogen (secondary N) is 4. The highest BCUT2D eigenvalue weighted by Gasteiger charge is 2.51. The van der Waals surface area contributed by atoms with E-state index in [1.807, 2.05) is 71.3 Å². The number of fused-ring (bicyclic) bond motifs is 5. The maximum atomic E-state index is 17.3. The molecule has 21 nitrogen and oxygen atoms in total. The Labute approximate surface area is 520 Å². The Morgan fingerprint density at radius 1 is 0.933 bits per heavy atom. The third-order valence-electron chi connectivity index (χ3n) is 18.3. The standard InChI is InChI=1S/C65H81F2N11O10S/c1-7-47-50(66)16-13-41-27-45(79)28-48(53(41)47)55-54(67)56-49(30-69-55)59(76-31-42-14-15-43(32-76)72-42)75-62(74-56)88-35-65-19-8-22-78(65)44(17-20-65)34-87-63(84)68-21-24-86-26-25-85-23-18-52(81)73-58(64(4,5)6)61(83)77-33-46(80)29-51(77)60(82)71-37(2)39-9-11-40(12-10-39)57-38(3)70-36-89-57/h9-13,16,27-28,30,36-37,42-44,46,51,58,72,79-80H,7-8,14-15,17-26,29,31-35H2,1-6H3,(H,68,84)(H,71,82)(H,73,81)/t37-,42?,43?,44?,46+,51-,58?,65?/m0/s1. The van der Waals surface area contributed by atoms with E-state index in [1.54, 1.807) is 23.6 Å². The minimum Gasteiger partial charge on any atom is -0.508 e. The summed E-state index contributed by atoms with van der Waals surface area (Å²) >= 11 is 1.56. The minimum absolute atomic E-state index is 0.0161. The zero-order valence-corrected chi connectivity index (χ0v) is 52.2. The number of phenolic OH excluding ortho intramolecular Hbond substituents is 1. The van der Waals surface area contributed by atoms with Gasteiger partial charge in [-0.3, -0.25) is 24.3 Å². The van der Waals surface area contributed by atoms with Crippen molar-refractivity contribution in [2.45, 2.75) is 147 Å². The lowest BCUT2D eigenvalue weighted by molar-refractivity contribution is -0.144. The molecule has 5 fully saturated rings. The number of β-amino-alcohol motifs (C(OH)–C–C–N with tert-alkyl or cyclic N) is 1. The van der Waals surface area contributed by atoms with Crippen molar-refractivity contribution in [3.8, 4) is 33.5 Å². The fourth-order valence-corrected chi connectivity index (χ4v) is 14.5. The molecule has 2 bridgehead atoms. The van der Waals surface area contributed by atoms with Crippen molar-refractivity contribution in [2.75, 3.05) is 77.3 Å². The van der Waals surface area contributed by atoms with Gasteiger partial charge in [-0.15, -0.1) is 11.3 Å². The Hall–Kier alpha value is -7.22. The number of anilines is 1. The largest absolute Gasteiger partial charge is 0.508 e. The molecule has 0 saturated carbocycles. The quantitative estimate of drug-likeness (QED) is 0.0337. The number of pyridine rings is 1. The Bertz CT molecular complexity index is 3560. The fourth-order valence-electron chi connectivity index (χ4n) is 13.7. The number of benzene rings is 3. The minimum atomic E-state index is -0.981. The van der Waals surface area contributed by atoms with Gasteiger partial charge in [-0.2, -0.15) is 9.97 Å². The van der Waals surface area contributed by atoms with E-state index in [2.05, 4.69) is 41.0 Å². The molecule has 4 amide bonds. The molecule has 5 aliphatic heterocycles. The number of aliphatic hydroxyl groups excluding tert-OH is 1. The smallest absolute Gasteiger partial charge is 0.407 e. The van der Waals surface area contributed by atoms with E-state index in [0.29, 0.717) is 47.1 Å². The predicted molar refractivity (Wildman–Crippen MR) is 333 cm³/mol. The third kappa shape index (κ3) is 13.9. The second kappa shape index (κ2) is 27.1. The molecular weight excluding hydrogens is 1160 g/mol. The van der Waals surface area contributed by atoms with Crippen LogP contribution < -0.4 is 30.9 Å². The number of hydrogen-bond donors (Lipinski definition) is 6. The molecule has 5 unspecified atom stereocenters. The Morgan fingerprint density at radius 2 is 1.70 bits per heavy atom. The molecule has 11 rings (SSSR count). The van der Waals surface area contributed by atoms with Crippen LogP contribution >= 0.6 is 11.3 Å². The normalized spacial score (nSPS) is 22.4. The predicted octanol–water partition coefficient (Wildman–Crippen LogP) is 7.66. The van der Waals surface area contributed by atoms with Crippen LogP contribution in [0.3, 0.4) is 0 Å². The highest BCUT2D eigenvalue weighted by Crippen LogP contribution is 2.44. The van der Waals surface area contributed by atoms with Crippen molar-refractivity contribution in [1.29, 1.82) is 0 Å². The molecule has 89 heavy (non-hydrogen) atoms. The van der Waals surface area contributed by atoms with E-state index in [-0.39, 0.29) is 130 Å².